The summed E-state index contributed by atoms with van der Waals surface area (Å²) in [6, 6.07) is 8.71. The fourth-order valence-electron chi connectivity index (χ4n) is 4.21. The Bertz CT molecular complexity index is 1060. The number of nitro groups is 2. The highest BCUT2D eigenvalue weighted by Crippen LogP contribution is 2.34. The number of anilines is 3. The highest BCUT2D eigenvalue weighted by Gasteiger charge is 2.24. The molecule has 11 nitrogen and oxygen atoms in total. The lowest BCUT2D eigenvalue weighted by Crippen LogP contribution is -2.36. The summed E-state index contributed by atoms with van der Waals surface area (Å²) in [4.78, 5) is 38.9. The molecule has 0 aromatic heterocycles. The minimum atomic E-state index is -0.522. The van der Waals surface area contributed by atoms with E-state index in [0.717, 1.165) is 32.4 Å². The number of hydrogen-bond donors (Lipinski definition) is 1. The summed E-state index contributed by atoms with van der Waals surface area (Å²) < 4.78 is 5.36. The summed E-state index contributed by atoms with van der Waals surface area (Å²) in [6.07, 6.45) is 3.05. The lowest BCUT2D eigenvalue weighted by atomic mass is 10.1. The fourth-order valence-corrected chi connectivity index (χ4v) is 4.21. The van der Waals surface area contributed by atoms with Crippen molar-refractivity contribution in [1.82, 2.24) is 0 Å². The molecule has 2 aromatic carbocycles. The van der Waals surface area contributed by atoms with Crippen LogP contribution in [0.5, 0.6) is 0 Å². The zero-order chi connectivity index (χ0) is 23.4. The van der Waals surface area contributed by atoms with Gasteiger partial charge in [-0.15, -0.1) is 0 Å². The Morgan fingerprint density at radius 2 is 1.55 bits per heavy atom. The molecule has 2 aliphatic rings. The number of carbonyl (C=O) groups excluding carboxylic acids is 1. The highest BCUT2D eigenvalue weighted by atomic mass is 16.6. The van der Waals surface area contributed by atoms with Crippen molar-refractivity contribution in [3.63, 3.8) is 0 Å². The predicted molar refractivity (Wildman–Crippen MR) is 123 cm³/mol. The maximum Gasteiger partial charge on any atom is 0.293 e. The van der Waals surface area contributed by atoms with E-state index in [2.05, 4.69) is 5.32 Å². The minimum absolute atomic E-state index is 0.0870. The van der Waals surface area contributed by atoms with Crippen LogP contribution in [0.2, 0.25) is 0 Å². The van der Waals surface area contributed by atoms with E-state index in [-0.39, 0.29) is 16.9 Å². The molecule has 0 atom stereocenters. The van der Waals surface area contributed by atoms with Gasteiger partial charge < -0.3 is 19.9 Å². The summed E-state index contributed by atoms with van der Waals surface area (Å²) in [5, 5.41) is 25.8. The van der Waals surface area contributed by atoms with Crippen LogP contribution in [0.25, 0.3) is 0 Å². The van der Waals surface area contributed by atoms with Crippen molar-refractivity contribution in [2.45, 2.75) is 19.3 Å². The second-order valence-corrected chi connectivity index (χ2v) is 8.02. The summed E-state index contributed by atoms with van der Waals surface area (Å²) >= 11 is 0. The Hall–Kier alpha value is -3.73. The Kier molecular flexibility index (Phi) is 6.68. The Morgan fingerprint density at radius 3 is 2.21 bits per heavy atom. The molecule has 0 bridgehead atoms. The third-order valence-electron chi connectivity index (χ3n) is 5.92. The topological polar surface area (TPSA) is 131 Å². The average Bonchev–Trinajstić information content (AvgIpc) is 2.84. The molecule has 0 spiro atoms. The van der Waals surface area contributed by atoms with Crippen molar-refractivity contribution in [3.8, 4) is 0 Å². The molecule has 33 heavy (non-hydrogen) atoms. The lowest BCUT2D eigenvalue weighted by molar-refractivity contribution is -0.384. The number of benzene rings is 2. The first-order valence-corrected chi connectivity index (χ1v) is 10.9. The van der Waals surface area contributed by atoms with Crippen molar-refractivity contribution in [1.29, 1.82) is 0 Å². The number of amides is 1. The van der Waals surface area contributed by atoms with E-state index < -0.39 is 15.8 Å². The summed E-state index contributed by atoms with van der Waals surface area (Å²) in [6.45, 7) is 3.50. The minimum Gasteiger partial charge on any atom is -0.378 e. The molecule has 2 aliphatic heterocycles. The second-order valence-electron chi connectivity index (χ2n) is 8.02. The summed E-state index contributed by atoms with van der Waals surface area (Å²) in [5.74, 6) is -0.522. The normalized spacial score (nSPS) is 16.4. The van der Waals surface area contributed by atoms with Gasteiger partial charge in [0.15, 0.2) is 0 Å². The van der Waals surface area contributed by atoms with Gasteiger partial charge in [0.2, 0.25) is 0 Å². The molecule has 2 saturated heterocycles. The van der Waals surface area contributed by atoms with E-state index in [4.69, 9.17) is 4.74 Å². The van der Waals surface area contributed by atoms with Crippen LogP contribution in [-0.2, 0) is 4.74 Å². The summed E-state index contributed by atoms with van der Waals surface area (Å²) in [7, 11) is 0. The number of hydrogen-bond acceptors (Lipinski definition) is 8. The molecule has 2 heterocycles. The average molecular weight is 455 g/mol. The molecule has 0 saturated carbocycles. The third-order valence-corrected chi connectivity index (χ3v) is 5.92. The molecule has 2 fully saturated rings. The quantitative estimate of drug-likeness (QED) is 0.516. The van der Waals surface area contributed by atoms with Gasteiger partial charge in [0.1, 0.15) is 5.69 Å². The van der Waals surface area contributed by atoms with Gasteiger partial charge in [0.05, 0.1) is 34.4 Å². The van der Waals surface area contributed by atoms with Gasteiger partial charge >= 0.3 is 0 Å². The van der Waals surface area contributed by atoms with Crippen molar-refractivity contribution in [2.24, 2.45) is 0 Å². The van der Waals surface area contributed by atoms with Gasteiger partial charge in [-0.1, -0.05) is 0 Å². The lowest BCUT2D eigenvalue weighted by Gasteiger charge is -2.30. The van der Waals surface area contributed by atoms with Crippen LogP contribution in [0, 0.1) is 20.2 Å². The molecule has 11 heteroatoms. The highest BCUT2D eigenvalue weighted by molar-refractivity contribution is 6.07. The molecule has 2 aromatic rings. The van der Waals surface area contributed by atoms with Gasteiger partial charge in [-0.25, -0.2) is 0 Å². The van der Waals surface area contributed by atoms with Crippen LogP contribution in [0.3, 0.4) is 0 Å². The van der Waals surface area contributed by atoms with Crippen LogP contribution in [0.4, 0.5) is 28.4 Å². The first kappa shape index (κ1) is 22.5. The van der Waals surface area contributed by atoms with Gasteiger partial charge in [0, 0.05) is 49.9 Å². The number of non-ortho nitro benzene ring substituents is 1. The zero-order valence-corrected chi connectivity index (χ0v) is 18.1. The van der Waals surface area contributed by atoms with E-state index in [1.165, 1.54) is 24.3 Å². The first-order valence-electron chi connectivity index (χ1n) is 10.9. The first-order chi connectivity index (χ1) is 15.9. The number of piperidine rings is 1. The molecular formula is C22H25N5O6. The van der Waals surface area contributed by atoms with Crippen molar-refractivity contribution >= 4 is 34.3 Å². The van der Waals surface area contributed by atoms with Gasteiger partial charge in [-0.3, -0.25) is 25.0 Å². The van der Waals surface area contributed by atoms with Crippen LogP contribution < -0.4 is 15.1 Å². The maximum atomic E-state index is 13.0. The Morgan fingerprint density at radius 1 is 0.848 bits per heavy atom. The van der Waals surface area contributed by atoms with Gasteiger partial charge in [-0.2, -0.15) is 0 Å². The summed E-state index contributed by atoms with van der Waals surface area (Å²) in [5.41, 5.74) is 1.38. The van der Waals surface area contributed by atoms with E-state index >= 15 is 0 Å². The van der Waals surface area contributed by atoms with Gasteiger partial charge in [-0.05, 0) is 37.5 Å². The third kappa shape index (κ3) is 5.03. The molecule has 174 valence electrons. The van der Waals surface area contributed by atoms with Crippen molar-refractivity contribution < 1.29 is 19.4 Å². The monoisotopic (exact) mass is 455 g/mol. The second kappa shape index (κ2) is 9.82. The largest absolute Gasteiger partial charge is 0.378 e. The molecule has 1 amide bonds. The van der Waals surface area contributed by atoms with Crippen LogP contribution in [0.15, 0.2) is 36.4 Å². The molecule has 0 radical (unpaired) electrons. The Labute approximate surface area is 190 Å². The van der Waals surface area contributed by atoms with Gasteiger partial charge in [0.25, 0.3) is 17.3 Å². The van der Waals surface area contributed by atoms with E-state index in [9.17, 15) is 25.0 Å². The smallest absolute Gasteiger partial charge is 0.293 e. The number of carbonyl (C=O) groups is 1. The number of nitrogens with zero attached hydrogens (tertiary/aromatic N) is 4. The zero-order valence-electron chi connectivity index (χ0n) is 18.1. The van der Waals surface area contributed by atoms with Crippen molar-refractivity contribution in [2.75, 3.05) is 54.5 Å². The molecule has 4 rings (SSSR count). The van der Waals surface area contributed by atoms with Crippen LogP contribution in [-0.4, -0.2) is 55.1 Å². The van der Waals surface area contributed by atoms with E-state index in [0.29, 0.717) is 43.4 Å². The number of morpholine rings is 1. The van der Waals surface area contributed by atoms with E-state index in [1.807, 2.05) is 9.80 Å². The van der Waals surface area contributed by atoms with Crippen LogP contribution in [0.1, 0.15) is 29.6 Å². The SMILES string of the molecule is O=C(Nc1ccc([N+](=O)[O-])cc1N1CCOCC1)c1ccc(N2CCCCC2)c([N+](=O)[O-])c1. The predicted octanol–water partition coefficient (Wildman–Crippen LogP) is 3.58. The van der Waals surface area contributed by atoms with Crippen molar-refractivity contribution in [3.05, 3.63) is 62.2 Å². The Balaban J connectivity index is 1.61. The van der Waals surface area contributed by atoms with E-state index in [1.54, 1.807) is 12.1 Å². The number of rotatable bonds is 6. The standard InChI is InChI=1S/C22H25N5O6/c28-22(16-4-7-19(21(14-16)27(31)32)24-8-2-1-3-9-24)23-18-6-5-17(26(29)30)15-20(18)25-10-12-33-13-11-25/h4-7,14-15H,1-3,8-13H2,(H,23,28). The molecular weight excluding hydrogens is 430 g/mol. The van der Waals surface area contributed by atoms with Crippen LogP contribution >= 0.6 is 0 Å². The number of nitro benzene ring substituents is 2. The number of ether oxygens (including phenoxy) is 1. The molecule has 0 aliphatic carbocycles. The number of nitrogens with one attached hydrogen (secondary N) is 1. The molecule has 0 unspecified atom stereocenters. The fraction of sp³-hybridized carbons (Fsp3) is 0.409. The molecule has 1 N–H and O–H groups in total. The maximum absolute atomic E-state index is 13.0.